The molecule has 0 amide bonds. The Morgan fingerprint density at radius 3 is 2.45 bits per heavy atom. The van der Waals surface area contributed by atoms with E-state index in [-0.39, 0.29) is 30.0 Å². The summed E-state index contributed by atoms with van der Waals surface area (Å²) in [5, 5.41) is 10.8. The molecule has 1 aliphatic rings. The molecule has 176 valence electrons. The summed E-state index contributed by atoms with van der Waals surface area (Å²) >= 11 is 0. The standard InChI is InChI=1S/C26H31NO6/c1-16-7-17(2)9-22(8-16)33-25-15-31-24-10-21(5-6-23(24)26(25)29)30-14-20(28)13-27-11-18(3)32-19(4)12-27/h5-10,15,18-20,28H,11-14H2,1-4H3/t18-,19-,20-/m1/s1. The lowest BCUT2D eigenvalue weighted by atomic mass is 10.1. The topological polar surface area (TPSA) is 81.4 Å². The molecule has 0 radical (unpaired) electrons. The van der Waals surface area contributed by atoms with Crippen LogP contribution in [0.4, 0.5) is 0 Å². The Kier molecular flexibility index (Phi) is 7.02. The van der Waals surface area contributed by atoms with Gasteiger partial charge in [0.1, 0.15) is 36.1 Å². The molecule has 2 heterocycles. The van der Waals surface area contributed by atoms with Gasteiger partial charge in [-0.25, -0.2) is 0 Å². The summed E-state index contributed by atoms with van der Waals surface area (Å²) in [4.78, 5) is 15.1. The number of rotatable bonds is 7. The highest BCUT2D eigenvalue weighted by atomic mass is 16.5. The lowest BCUT2D eigenvalue weighted by molar-refractivity contribution is -0.0786. The van der Waals surface area contributed by atoms with Gasteiger partial charge in [0, 0.05) is 25.7 Å². The maximum Gasteiger partial charge on any atom is 0.235 e. The Hall–Kier alpha value is -2.87. The van der Waals surface area contributed by atoms with Crippen LogP contribution in [-0.4, -0.2) is 54.6 Å². The van der Waals surface area contributed by atoms with Crippen LogP contribution < -0.4 is 14.9 Å². The molecular formula is C26H31NO6. The number of nitrogens with zero attached hydrogens (tertiary/aromatic N) is 1. The first-order valence-electron chi connectivity index (χ1n) is 11.3. The van der Waals surface area contributed by atoms with Gasteiger partial charge in [-0.05, 0) is 63.1 Å². The van der Waals surface area contributed by atoms with Gasteiger partial charge in [-0.3, -0.25) is 9.69 Å². The van der Waals surface area contributed by atoms with Crippen LogP contribution in [0, 0.1) is 13.8 Å². The van der Waals surface area contributed by atoms with Crippen LogP contribution in [0.5, 0.6) is 17.2 Å². The minimum atomic E-state index is -0.640. The predicted molar refractivity (Wildman–Crippen MR) is 126 cm³/mol. The molecule has 2 aromatic carbocycles. The molecule has 1 fully saturated rings. The van der Waals surface area contributed by atoms with Crippen LogP contribution in [0.25, 0.3) is 11.0 Å². The van der Waals surface area contributed by atoms with E-state index in [1.54, 1.807) is 18.2 Å². The maximum atomic E-state index is 12.9. The van der Waals surface area contributed by atoms with Crippen molar-refractivity contribution in [3.8, 4) is 17.2 Å². The fourth-order valence-electron chi connectivity index (χ4n) is 4.35. The Labute approximate surface area is 193 Å². The number of aliphatic hydroxyl groups is 1. The smallest absolute Gasteiger partial charge is 0.235 e. The van der Waals surface area contributed by atoms with E-state index in [0.29, 0.717) is 29.0 Å². The van der Waals surface area contributed by atoms with Gasteiger partial charge in [-0.1, -0.05) is 6.07 Å². The van der Waals surface area contributed by atoms with Crippen molar-refractivity contribution in [3.63, 3.8) is 0 Å². The highest BCUT2D eigenvalue weighted by Gasteiger charge is 2.24. The number of β-amino-alcohol motifs (C(OH)–C–C–N with tert-alkyl or cyclic N) is 1. The summed E-state index contributed by atoms with van der Waals surface area (Å²) in [7, 11) is 0. The molecule has 0 saturated carbocycles. The fourth-order valence-corrected chi connectivity index (χ4v) is 4.35. The normalized spacial score (nSPS) is 20.0. The summed E-state index contributed by atoms with van der Waals surface area (Å²) in [6.45, 7) is 10.2. The molecule has 1 N–H and O–H groups in total. The molecule has 3 atom stereocenters. The van der Waals surface area contributed by atoms with Gasteiger partial charge < -0.3 is 23.7 Å². The third kappa shape index (κ3) is 5.93. The molecule has 1 saturated heterocycles. The summed E-state index contributed by atoms with van der Waals surface area (Å²) in [6.07, 6.45) is 0.976. The van der Waals surface area contributed by atoms with Gasteiger partial charge in [-0.2, -0.15) is 0 Å². The van der Waals surface area contributed by atoms with Crippen molar-refractivity contribution in [2.45, 2.75) is 46.0 Å². The summed E-state index contributed by atoms with van der Waals surface area (Å²) in [5.74, 6) is 1.25. The highest BCUT2D eigenvalue weighted by Crippen LogP contribution is 2.25. The second kappa shape index (κ2) is 9.95. The molecule has 7 nitrogen and oxygen atoms in total. The van der Waals surface area contributed by atoms with Gasteiger partial charge in [0.15, 0.2) is 0 Å². The number of fused-ring (bicyclic) bond motifs is 1. The lowest BCUT2D eigenvalue weighted by Crippen LogP contribution is -2.48. The van der Waals surface area contributed by atoms with E-state index in [1.807, 2.05) is 45.9 Å². The minimum absolute atomic E-state index is 0.130. The summed E-state index contributed by atoms with van der Waals surface area (Å²) in [5.41, 5.74) is 2.25. The zero-order valence-corrected chi connectivity index (χ0v) is 19.5. The molecule has 0 bridgehead atoms. The lowest BCUT2D eigenvalue weighted by Gasteiger charge is -2.36. The van der Waals surface area contributed by atoms with E-state index in [0.717, 1.165) is 24.2 Å². The van der Waals surface area contributed by atoms with Crippen molar-refractivity contribution in [3.05, 3.63) is 64.0 Å². The Balaban J connectivity index is 1.41. The highest BCUT2D eigenvalue weighted by molar-refractivity contribution is 5.79. The first-order valence-corrected chi connectivity index (χ1v) is 11.3. The van der Waals surface area contributed by atoms with Gasteiger partial charge in [0.05, 0.1) is 17.6 Å². The molecular weight excluding hydrogens is 422 g/mol. The zero-order valence-electron chi connectivity index (χ0n) is 19.5. The molecule has 0 unspecified atom stereocenters. The van der Waals surface area contributed by atoms with E-state index < -0.39 is 6.10 Å². The van der Waals surface area contributed by atoms with E-state index >= 15 is 0 Å². The third-order valence-corrected chi connectivity index (χ3v) is 5.54. The first-order chi connectivity index (χ1) is 15.8. The van der Waals surface area contributed by atoms with E-state index in [4.69, 9.17) is 18.6 Å². The van der Waals surface area contributed by atoms with Crippen LogP contribution >= 0.6 is 0 Å². The Morgan fingerprint density at radius 1 is 1.06 bits per heavy atom. The molecule has 7 heteroatoms. The van der Waals surface area contributed by atoms with Gasteiger partial charge >= 0.3 is 0 Å². The van der Waals surface area contributed by atoms with Crippen LogP contribution in [-0.2, 0) is 4.74 Å². The maximum absolute atomic E-state index is 12.9. The Bertz CT molecular complexity index is 1140. The number of hydrogen-bond donors (Lipinski definition) is 1. The van der Waals surface area contributed by atoms with Crippen molar-refractivity contribution in [2.24, 2.45) is 0 Å². The van der Waals surface area contributed by atoms with Gasteiger partial charge in [0.2, 0.25) is 11.2 Å². The quantitative estimate of drug-likeness (QED) is 0.578. The van der Waals surface area contributed by atoms with Crippen LogP contribution in [0.2, 0.25) is 0 Å². The van der Waals surface area contributed by atoms with E-state index in [1.165, 1.54) is 6.26 Å². The molecule has 1 aromatic heterocycles. The molecule has 3 aromatic rings. The number of aliphatic hydroxyl groups excluding tert-OH is 1. The van der Waals surface area contributed by atoms with E-state index in [9.17, 15) is 9.90 Å². The van der Waals surface area contributed by atoms with Crippen LogP contribution in [0.1, 0.15) is 25.0 Å². The number of morpholine rings is 1. The second-order valence-corrected chi connectivity index (χ2v) is 8.95. The molecule has 0 aliphatic carbocycles. The molecule has 33 heavy (non-hydrogen) atoms. The predicted octanol–water partition coefficient (Wildman–Crippen LogP) is 4.05. The van der Waals surface area contributed by atoms with Gasteiger partial charge in [-0.15, -0.1) is 0 Å². The zero-order chi connectivity index (χ0) is 23.5. The van der Waals surface area contributed by atoms with Crippen LogP contribution in [0.15, 0.2) is 51.9 Å². The van der Waals surface area contributed by atoms with Crippen molar-refractivity contribution in [2.75, 3.05) is 26.2 Å². The average Bonchev–Trinajstić information content (AvgIpc) is 2.73. The molecule has 1 aliphatic heterocycles. The third-order valence-electron chi connectivity index (χ3n) is 5.54. The van der Waals surface area contributed by atoms with Gasteiger partial charge in [0.25, 0.3) is 0 Å². The number of aryl methyl sites for hydroxylation is 2. The van der Waals surface area contributed by atoms with Crippen LogP contribution in [0.3, 0.4) is 0 Å². The first kappa shape index (κ1) is 23.3. The fraction of sp³-hybridized carbons (Fsp3) is 0.423. The summed E-state index contributed by atoms with van der Waals surface area (Å²) < 4.78 is 22.9. The SMILES string of the molecule is Cc1cc(C)cc(Oc2coc3cc(OC[C@H](O)CN4C[C@@H](C)O[C@H](C)C4)ccc3c2=O)c1. The van der Waals surface area contributed by atoms with Crippen molar-refractivity contribution >= 4 is 11.0 Å². The van der Waals surface area contributed by atoms with Crippen molar-refractivity contribution in [1.29, 1.82) is 0 Å². The van der Waals surface area contributed by atoms with Crippen molar-refractivity contribution < 1.29 is 23.7 Å². The molecule has 4 rings (SSSR count). The second-order valence-electron chi connectivity index (χ2n) is 8.95. The minimum Gasteiger partial charge on any atom is -0.491 e. The number of hydrogen-bond acceptors (Lipinski definition) is 7. The number of ether oxygens (including phenoxy) is 3. The largest absolute Gasteiger partial charge is 0.491 e. The number of benzene rings is 2. The average molecular weight is 454 g/mol. The Morgan fingerprint density at radius 2 is 1.76 bits per heavy atom. The molecule has 0 spiro atoms. The van der Waals surface area contributed by atoms with E-state index in [2.05, 4.69) is 4.90 Å². The summed E-state index contributed by atoms with van der Waals surface area (Å²) in [6, 6.07) is 10.8. The van der Waals surface area contributed by atoms with Crippen molar-refractivity contribution in [1.82, 2.24) is 4.90 Å². The monoisotopic (exact) mass is 453 g/mol.